The van der Waals surface area contributed by atoms with Crippen LogP contribution in [0.25, 0.3) is 0 Å². The summed E-state index contributed by atoms with van der Waals surface area (Å²) in [6.07, 6.45) is 1.40. The third-order valence-corrected chi connectivity index (χ3v) is 4.77. The number of carbonyl (C=O) groups is 1. The Labute approximate surface area is 144 Å². The first kappa shape index (κ1) is 16.6. The second kappa shape index (κ2) is 7.54. The Kier molecular flexibility index (Phi) is 5.21. The van der Waals surface area contributed by atoms with E-state index >= 15 is 0 Å². The molecule has 1 amide bonds. The lowest BCUT2D eigenvalue weighted by atomic mass is 10.2. The summed E-state index contributed by atoms with van der Waals surface area (Å²) in [6.45, 7) is 5.08. The minimum Gasteiger partial charge on any atom is -0.378 e. The molecule has 24 heavy (non-hydrogen) atoms. The number of hydrogen-bond acceptors (Lipinski definition) is 7. The second-order valence-corrected chi connectivity index (χ2v) is 6.72. The molecular formula is C15H20N6O2S. The minimum absolute atomic E-state index is 0.109. The molecule has 2 heterocycles. The van der Waals surface area contributed by atoms with Crippen LogP contribution in [0.15, 0.2) is 35.7 Å². The number of nitrogens with zero attached hydrogens (tertiary/aromatic N) is 4. The molecular weight excluding hydrogens is 328 g/mol. The van der Waals surface area contributed by atoms with Crippen molar-refractivity contribution in [3.63, 3.8) is 0 Å². The van der Waals surface area contributed by atoms with E-state index in [1.54, 1.807) is 6.92 Å². The zero-order valence-corrected chi connectivity index (χ0v) is 14.2. The van der Waals surface area contributed by atoms with Crippen molar-refractivity contribution in [2.45, 2.75) is 17.3 Å². The van der Waals surface area contributed by atoms with Gasteiger partial charge in [-0.2, -0.15) is 0 Å². The predicted octanol–water partition coefficient (Wildman–Crippen LogP) is 0.948. The lowest BCUT2D eigenvalue weighted by molar-refractivity contribution is -0.115. The summed E-state index contributed by atoms with van der Waals surface area (Å²) in [6, 6.07) is 7.83. The van der Waals surface area contributed by atoms with Gasteiger partial charge in [0.25, 0.3) is 0 Å². The van der Waals surface area contributed by atoms with Crippen LogP contribution in [0.1, 0.15) is 6.92 Å². The first-order valence-electron chi connectivity index (χ1n) is 7.69. The van der Waals surface area contributed by atoms with Crippen molar-refractivity contribution in [2.75, 3.05) is 42.4 Å². The molecule has 0 bridgehead atoms. The van der Waals surface area contributed by atoms with Crippen LogP contribution in [0.2, 0.25) is 0 Å². The number of thioether (sulfide) groups is 1. The minimum atomic E-state index is -0.338. The van der Waals surface area contributed by atoms with Gasteiger partial charge in [-0.25, -0.2) is 4.68 Å². The predicted molar refractivity (Wildman–Crippen MR) is 93.6 cm³/mol. The first-order chi connectivity index (χ1) is 11.6. The number of nitrogens with one attached hydrogen (secondary N) is 1. The standard InChI is InChI=1S/C15H20N6O2S/c1-11(24-15-19-17-10-21(15)16)14(22)18-12-2-4-13(5-3-12)20-6-8-23-9-7-20/h2-5,10-11H,6-9,16H2,1H3,(H,18,22)/t11-/m1/s1. The molecule has 3 N–H and O–H groups in total. The normalized spacial score (nSPS) is 16.0. The van der Waals surface area contributed by atoms with Crippen LogP contribution < -0.4 is 16.1 Å². The highest BCUT2D eigenvalue weighted by atomic mass is 32.2. The van der Waals surface area contributed by atoms with E-state index in [0.29, 0.717) is 5.16 Å². The van der Waals surface area contributed by atoms with Gasteiger partial charge in [0.15, 0.2) is 0 Å². The van der Waals surface area contributed by atoms with E-state index in [-0.39, 0.29) is 11.2 Å². The van der Waals surface area contributed by atoms with Gasteiger partial charge in [-0.05, 0) is 31.2 Å². The maximum Gasteiger partial charge on any atom is 0.237 e. The zero-order chi connectivity index (χ0) is 16.9. The van der Waals surface area contributed by atoms with Gasteiger partial charge in [-0.1, -0.05) is 11.8 Å². The highest BCUT2D eigenvalue weighted by molar-refractivity contribution is 8.00. The number of anilines is 2. The summed E-state index contributed by atoms with van der Waals surface area (Å²) in [5.74, 6) is 5.55. The number of nitrogens with two attached hydrogens (primary N) is 1. The van der Waals surface area contributed by atoms with Gasteiger partial charge in [-0.15, -0.1) is 10.2 Å². The fourth-order valence-electron chi connectivity index (χ4n) is 2.35. The maximum atomic E-state index is 12.3. The summed E-state index contributed by atoms with van der Waals surface area (Å²) in [5, 5.41) is 10.6. The van der Waals surface area contributed by atoms with Crippen LogP contribution in [-0.2, 0) is 9.53 Å². The third-order valence-electron chi connectivity index (χ3n) is 3.70. The number of nitrogen functional groups attached to an aromatic ring is 1. The third kappa shape index (κ3) is 3.98. The Balaban J connectivity index is 1.56. The number of carbonyl (C=O) groups excluding carboxylic acids is 1. The molecule has 3 rings (SSSR count). The van der Waals surface area contributed by atoms with Gasteiger partial charge in [0.2, 0.25) is 11.1 Å². The fraction of sp³-hybridized carbons (Fsp3) is 0.400. The molecule has 1 aliphatic rings. The van der Waals surface area contributed by atoms with Crippen LogP contribution in [0.3, 0.4) is 0 Å². The Morgan fingerprint density at radius 2 is 2.04 bits per heavy atom. The van der Waals surface area contributed by atoms with Gasteiger partial charge in [-0.3, -0.25) is 4.79 Å². The van der Waals surface area contributed by atoms with Gasteiger partial charge >= 0.3 is 0 Å². The smallest absolute Gasteiger partial charge is 0.237 e. The molecule has 0 unspecified atom stereocenters. The van der Waals surface area contributed by atoms with Crippen LogP contribution in [0.4, 0.5) is 11.4 Å². The average Bonchev–Trinajstić information content (AvgIpc) is 3.01. The van der Waals surface area contributed by atoms with E-state index in [0.717, 1.165) is 37.7 Å². The number of ether oxygens (including phenoxy) is 1. The van der Waals surface area contributed by atoms with Crippen molar-refractivity contribution in [3.05, 3.63) is 30.6 Å². The summed E-state index contributed by atoms with van der Waals surface area (Å²) in [7, 11) is 0. The largest absolute Gasteiger partial charge is 0.378 e. The van der Waals surface area contributed by atoms with Gasteiger partial charge in [0.05, 0.1) is 18.5 Å². The molecule has 8 nitrogen and oxygen atoms in total. The van der Waals surface area contributed by atoms with Crippen molar-refractivity contribution >= 4 is 29.0 Å². The summed E-state index contributed by atoms with van der Waals surface area (Å²) in [5.41, 5.74) is 1.90. The number of amides is 1. The number of rotatable bonds is 5. The van der Waals surface area contributed by atoms with E-state index in [2.05, 4.69) is 20.4 Å². The van der Waals surface area contributed by atoms with Gasteiger partial charge in [0, 0.05) is 24.5 Å². The molecule has 2 aromatic rings. The molecule has 9 heteroatoms. The van der Waals surface area contributed by atoms with Crippen molar-refractivity contribution in [2.24, 2.45) is 0 Å². The lowest BCUT2D eigenvalue weighted by Gasteiger charge is -2.28. The van der Waals surface area contributed by atoms with Crippen LogP contribution in [-0.4, -0.2) is 52.3 Å². The summed E-state index contributed by atoms with van der Waals surface area (Å²) >= 11 is 1.26. The molecule has 1 saturated heterocycles. The zero-order valence-electron chi connectivity index (χ0n) is 13.4. The molecule has 1 fully saturated rings. The Bertz CT molecular complexity index is 684. The molecule has 1 aromatic heterocycles. The fourth-order valence-corrected chi connectivity index (χ4v) is 3.09. The Morgan fingerprint density at radius 3 is 2.67 bits per heavy atom. The SMILES string of the molecule is C[C@@H](Sc1nncn1N)C(=O)Nc1ccc(N2CCOCC2)cc1. The number of aromatic nitrogens is 3. The first-order valence-corrected chi connectivity index (χ1v) is 8.57. The number of benzene rings is 1. The molecule has 0 radical (unpaired) electrons. The quantitative estimate of drug-likeness (QED) is 0.613. The van der Waals surface area contributed by atoms with Gasteiger partial charge in [0.1, 0.15) is 6.33 Å². The van der Waals surface area contributed by atoms with Crippen LogP contribution in [0, 0.1) is 0 Å². The molecule has 1 aliphatic heterocycles. The molecule has 128 valence electrons. The topological polar surface area (TPSA) is 98.3 Å². The Morgan fingerprint density at radius 1 is 1.33 bits per heavy atom. The average molecular weight is 348 g/mol. The number of morpholine rings is 1. The van der Waals surface area contributed by atoms with Crippen molar-refractivity contribution in [1.82, 2.24) is 14.9 Å². The van der Waals surface area contributed by atoms with E-state index in [9.17, 15) is 4.79 Å². The summed E-state index contributed by atoms with van der Waals surface area (Å²) in [4.78, 5) is 14.5. The number of hydrogen-bond donors (Lipinski definition) is 2. The summed E-state index contributed by atoms with van der Waals surface area (Å²) < 4.78 is 6.65. The van der Waals surface area contributed by atoms with E-state index in [4.69, 9.17) is 10.6 Å². The van der Waals surface area contributed by atoms with Crippen molar-refractivity contribution < 1.29 is 9.53 Å². The van der Waals surface area contributed by atoms with E-state index in [1.807, 2.05) is 24.3 Å². The molecule has 0 spiro atoms. The van der Waals surface area contributed by atoms with Crippen molar-refractivity contribution in [3.8, 4) is 0 Å². The molecule has 1 aromatic carbocycles. The maximum absolute atomic E-state index is 12.3. The van der Waals surface area contributed by atoms with E-state index in [1.165, 1.54) is 22.8 Å². The van der Waals surface area contributed by atoms with Crippen LogP contribution >= 0.6 is 11.8 Å². The molecule has 0 saturated carbocycles. The monoisotopic (exact) mass is 348 g/mol. The Hall–Kier alpha value is -2.26. The highest BCUT2D eigenvalue weighted by Gasteiger charge is 2.18. The van der Waals surface area contributed by atoms with E-state index < -0.39 is 0 Å². The van der Waals surface area contributed by atoms with Crippen molar-refractivity contribution in [1.29, 1.82) is 0 Å². The highest BCUT2D eigenvalue weighted by Crippen LogP contribution is 2.22. The van der Waals surface area contributed by atoms with Crippen LogP contribution in [0.5, 0.6) is 0 Å². The van der Waals surface area contributed by atoms with Gasteiger partial charge < -0.3 is 20.8 Å². The molecule has 0 aliphatic carbocycles. The molecule has 1 atom stereocenters. The lowest BCUT2D eigenvalue weighted by Crippen LogP contribution is -2.36. The second-order valence-electron chi connectivity index (χ2n) is 5.42.